The minimum Gasteiger partial charge on any atom is -0.354 e. The summed E-state index contributed by atoms with van der Waals surface area (Å²) in [5.41, 5.74) is 2.71. The number of carbonyl (C=O) groups is 1. The van der Waals surface area contributed by atoms with Gasteiger partial charge in [0.05, 0.1) is 0 Å². The van der Waals surface area contributed by atoms with Gasteiger partial charge in [-0.1, -0.05) is 30.3 Å². The molecule has 2 aromatic carbocycles. The van der Waals surface area contributed by atoms with Gasteiger partial charge in [-0.25, -0.2) is 0 Å². The van der Waals surface area contributed by atoms with Crippen molar-refractivity contribution >= 4 is 27.6 Å². The number of para-hydroxylation sites is 1. The molecule has 0 amide bonds. The summed E-state index contributed by atoms with van der Waals surface area (Å²) in [5, 5.41) is 2.32. The summed E-state index contributed by atoms with van der Waals surface area (Å²) in [6.45, 7) is 3.42. The zero-order valence-corrected chi connectivity index (χ0v) is 8.66. The van der Waals surface area contributed by atoms with Gasteiger partial charge in [0.15, 0.2) is 5.78 Å². The van der Waals surface area contributed by atoms with E-state index in [0.717, 1.165) is 16.4 Å². The Labute approximate surface area is 92.9 Å². The van der Waals surface area contributed by atoms with Gasteiger partial charge in [0.1, 0.15) is 0 Å². The lowest BCUT2D eigenvalue weighted by atomic mass is 10.1. The number of hydrogen-bond acceptors (Lipinski definition) is 1. The van der Waals surface area contributed by atoms with Crippen molar-refractivity contribution in [1.29, 1.82) is 0 Å². The summed E-state index contributed by atoms with van der Waals surface area (Å²) in [6, 6.07) is 13.7. The Kier molecular flexibility index (Phi) is 1.83. The highest BCUT2D eigenvalue weighted by atomic mass is 16.1. The monoisotopic (exact) mass is 208 g/mol. The van der Waals surface area contributed by atoms with Crippen molar-refractivity contribution in [2.45, 2.75) is 0 Å². The van der Waals surface area contributed by atoms with E-state index >= 15 is 0 Å². The number of carbonyl (C=O) groups excluding carboxylic acids is 1. The Morgan fingerprint density at radius 1 is 1.00 bits per heavy atom. The van der Waals surface area contributed by atoms with Crippen LogP contribution < -0.4 is 0 Å². The van der Waals surface area contributed by atoms with Crippen LogP contribution in [0, 0.1) is 6.92 Å². The van der Waals surface area contributed by atoms with Gasteiger partial charge in [-0.3, -0.25) is 4.79 Å². The molecule has 1 N–H and O–H groups in total. The lowest BCUT2D eigenvalue weighted by molar-refractivity contribution is 0.104. The molecule has 0 saturated heterocycles. The van der Waals surface area contributed by atoms with Crippen LogP contribution in [0.15, 0.2) is 42.5 Å². The van der Waals surface area contributed by atoms with E-state index < -0.39 is 0 Å². The van der Waals surface area contributed by atoms with E-state index in [9.17, 15) is 4.79 Å². The maximum absolute atomic E-state index is 11.2. The van der Waals surface area contributed by atoms with E-state index in [1.807, 2.05) is 36.4 Å². The van der Waals surface area contributed by atoms with Crippen LogP contribution in [0.1, 0.15) is 10.4 Å². The first-order chi connectivity index (χ1) is 7.75. The maximum Gasteiger partial charge on any atom is 0.163 e. The second-order valence-corrected chi connectivity index (χ2v) is 3.85. The lowest BCUT2D eigenvalue weighted by Crippen LogP contribution is -1.90. The van der Waals surface area contributed by atoms with Gasteiger partial charge in [0.25, 0.3) is 0 Å². The molecule has 0 aliphatic rings. The topological polar surface area (TPSA) is 32.9 Å². The van der Waals surface area contributed by atoms with E-state index in [-0.39, 0.29) is 5.78 Å². The number of H-pyrrole nitrogens is 1. The number of ketones is 1. The highest BCUT2D eigenvalue weighted by molar-refractivity contribution is 6.10. The van der Waals surface area contributed by atoms with Crippen LogP contribution in [0.2, 0.25) is 0 Å². The number of Topliss-reactive ketones (excluding diaryl/α,β-unsaturated/α-hetero) is 1. The van der Waals surface area contributed by atoms with Gasteiger partial charge in [-0.2, -0.15) is 0 Å². The highest BCUT2D eigenvalue weighted by Gasteiger charge is 2.05. The maximum atomic E-state index is 11.2. The number of nitrogens with one attached hydrogen (secondary N) is 1. The molecule has 0 bridgehead atoms. The largest absolute Gasteiger partial charge is 0.354 e. The van der Waals surface area contributed by atoms with Crippen molar-refractivity contribution in [1.82, 2.24) is 4.98 Å². The zero-order chi connectivity index (χ0) is 11.1. The molecule has 1 heterocycles. The summed E-state index contributed by atoms with van der Waals surface area (Å²) in [4.78, 5) is 14.5. The molecule has 1 aromatic heterocycles. The fourth-order valence-corrected chi connectivity index (χ4v) is 2.03. The van der Waals surface area contributed by atoms with E-state index in [2.05, 4.69) is 18.0 Å². The fourth-order valence-electron chi connectivity index (χ4n) is 2.03. The predicted molar refractivity (Wildman–Crippen MR) is 65.5 cm³/mol. The van der Waals surface area contributed by atoms with Crippen molar-refractivity contribution in [3.8, 4) is 0 Å². The molecule has 2 heteroatoms. The average molecular weight is 208 g/mol. The van der Waals surface area contributed by atoms with Gasteiger partial charge in [-0.05, 0) is 12.1 Å². The Balaban J connectivity index is 2.41. The zero-order valence-electron chi connectivity index (χ0n) is 8.66. The van der Waals surface area contributed by atoms with E-state index in [0.29, 0.717) is 5.56 Å². The summed E-state index contributed by atoms with van der Waals surface area (Å²) in [6.07, 6.45) is 0. The van der Waals surface area contributed by atoms with Gasteiger partial charge < -0.3 is 4.98 Å². The van der Waals surface area contributed by atoms with Gasteiger partial charge in [-0.15, -0.1) is 0 Å². The third kappa shape index (κ3) is 1.23. The van der Waals surface area contributed by atoms with Crippen molar-refractivity contribution in [3.05, 3.63) is 55.0 Å². The average Bonchev–Trinajstić information content (AvgIpc) is 2.66. The van der Waals surface area contributed by atoms with Gasteiger partial charge in [0, 0.05) is 34.3 Å². The quantitative estimate of drug-likeness (QED) is 0.611. The van der Waals surface area contributed by atoms with Crippen LogP contribution in [0.4, 0.5) is 0 Å². The standard InChI is InChI=1S/C14H10NO/c1-9(16)10-6-7-12-11-4-2-3-5-13(11)15-14(12)8-10/h2-8,15H,1H2. The number of hydrogen-bond donors (Lipinski definition) is 1. The van der Waals surface area contributed by atoms with Crippen LogP contribution in [-0.2, 0) is 0 Å². The summed E-state index contributed by atoms with van der Waals surface area (Å²) >= 11 is 0. The van der Waals surface area contributed by atoms with E-state index in [1.54, 1.807) is 0 Å². The normalized spacial score (nSPS) is 11.1. The molecule has 16 heavy (non-hydrogen) atoms. The Hall–Kier alpha value is -2.09. The van der Waals surface area contributed by atoms with E-state index in [1.165, 1.54) is 5.39 Å². The molecule has 77 valence electrons. The van der Waals surface area contributed by atoms with Crippen LogP contribution in [-0.4, -0.2) is 10.8 Å². The molecular weight excluding hydrogens is 198 g/mol. The molecule has 2 nitrogen and oxygen atoms in total. The van der Waals surface area contributed by atoms with Crippen molar-refractivity contribution in [2.75, 3.05) is 0 Å². The molecule has 0 aliphatic heterocycles. The van der Waals surface area contributed by atoms with Crippen LogP contribution in [0.5, 0.6) is 0 Å². The minimum absolute atomic E-state index is 0.152. The molecule has 0 saturated carbocycles. The Morgan fingerprint density at radius 3 is 2.56 bits per heavy atom. The Morgan fingerprint density at radius 2 is 1.75 bits per heavy atom. The summed E-state index contributed by atoms with van der Waals surface area (Å²) in [5.74, 6) is -0.152. The molecular formula is C14H10NO. The first-order valence-electron chi connectivity index (χ1n) is 5.12. The SMILES string of the molecule is [CH2]C(=O)c1ccc2c(c1)[nH]c1ccccc12. The number of fused-ring (bicyclic) bond motifs is 3. The number of rotatable bonds is 1. The van der Waals surface area contributed by atoms with Crippen molar-refractivity contribution < 1.29 is 4.79 Å². The van der Waals surface area contributed by atoms with Gasteiger partial charge >= 0.3 is 0 Å². The first-order valence-corrected chi connectivity index (χ1v) is 5.12. The molecule has 3 aromatic rings. The fraction of sp³-hybridized carbons (Fsp3) is 0. The molecule has 3 rings (SSSR count). The summed E-state index contributed by atoms with van der Waals surface area (Å²) < 4.78 is 0. The van der Waals surface area contributed by atoms with Crippen LogP contribution in [0.25, 0.3) is 21.8 Å². The van der Waals surface area contributed by atoms with Crippen LogP contribution >= 0.6 is 0 Å². The van der Waals surface area contributed by atoms with Crippen molar-refractivity contribution in [2.24, 2.45) is 0 Å². The number of aromatic amines is 1. The molecule has 0 atom stereocenters. The van der Waals surface area contributed by atoms with E-state index in [4.69, 9.17) is 0 Å². The third-order valence-corrected chi connectivity index (χ3v) is 2.83. The number of aromatic nitrogens is 1. The lowest BCUT2D eigenvalue weighted by Gasteiger charge is -1.95. The van der Waals surface area contributed by atoms with Crippen LogP contribution in [0.3, 0.4) is 0 Å². The molecule has 1 radical (unpaired) electrons. The third-order valence-electron chi connectivity index (χ3n) is 2.83. The molecule has 0 unspecified atom stereocenters. The summed E-state index contributed by atoms with van der Waals surface area (Å²) in [7, 11) is 0. The van der Waals surface area contributed by atoms with Gasteiger partial charge in [0.2, 0.25) is 0 Å². The molecule has 0 aliphatic carbocycles. The smallest absolute Gasteiger partial charge is 0.163 e. The second kappa shape index (κ2) is 3.20. The highest BCUT2D eigenvalue weighted by Crippen LogP contribution is 2.25. The Bertz CT molecular complexity index is 694. The van der Waals surface area contributed by atoms with Crippen molar-refractivity contribution in [3.63, 3.8) is 0 Å². The molecule has 0 spiro atoms. The predicted octanol–water partition coefficient (Wildman–Crippen LogP) is 3.34. The molecule has 0 fully saturated rings. The second-order valence-electron chi connectivity index (χ2n) is 3.85. The first kappa shape index (κ1) is 9.16. The minimum atomic E-state index is -0.152. The number of benzene rings is 2.